The molecule has 176 valence electrons. The Morgan fingerprint density at radius 3 is 2.12 bits per heavy atom. The van der Waals surface area contributed by atoms with Crippen molar-refractivity contribution in [3.8, 4) is 11.1 Å². The maximum atomic E-state index is 12.2. The molecule has 0 saturated heterocycles. The van der Waals surface area contributed by atoms with E-state index in [1.165, 1.54) is 11.1 Å². The zero-order valence-electron chi connectivity index (χ0n) is 19.4. The van der Waals surface area contributed by atoms with E-state index in [-0.39, 0.29) is 36.7 Å². The molecule has 0 saturated carbocycles. The van der Waals surface area contributed by atoms with Gasteiger partial charge >= 0.3 is 12.1 Å². The van der Waals surface area contributed by atoms with Gasteiger partial charge in [-0.15, -0.1) is 0 Å². The smallest absolute Gasteiger partial charge is 0.407 e. The van der Waals surface area contributed by atoms with E-state index < -0.39 is 18.1 Å². The number of carboxylic acids is 1. The van der Waals surface area contributed by atoms with E-state index >= 15 is 0 Å². The largest absolute Gasteiger partial charge is 0.481 e. The van der Waals surface area contributed by atoms with Crippen LogP contribution in [0.25, 0.3) is 11.1 Å². The Balaban J connectivity index is 1.43. The van der Waals surface area contributed by atoms with Gasteiger partial charge in [-0.2, -0.15) is 0 Å². The molecule has 1 atom stereocenters. The number of hydrogen-bond donors (Lipinski definition) is 3. The van der Waals surface area contributed by atoms with E-state index in [4.69, 9.17) is 9.84 Å². The molecule has 2 amide bonds. The van der Waals surface area contributed by atoms with Crippen molar-refractivity contribution in [1.82, 2.24) is 10.6 Å². The summed E-state index contributed by atoms with van der Waals surface area (Å²) >= 11 is 0. The number of carbonyl (C=O) groups excluding carboxylic acids is 2. The second-order valence-electron chi connectivity index (χ2n) is 9.44. The lowest BCUT2D eigenvalue weighted by molar-refractivity contribution is -0.138. The van der Waals surface area contributed by atoms with E-state index in [0.29, 0.717) is 13.0 Å². The molecule has 3 rings (SSSR count). The molecule has 33 heavy (non-hydrogen) atoms. The van der Waals surface area contributed by atoms with Crippen molar-refractivity contribution in [3.63, 3.8) is 0 Å². The van der Waals surface area contributed by atoms with Crippen LogP contribution >= 0.6 is 0 Å². The van der Waals surface area contributed by atoms with E-state index in [0.717, 1.165) is 11.1 Å². The van der Waals surface area contributed by atoms with E-state index in [1.807, 2.05) is 45.0 Å². The summed E-state index contributed by atoms with van der Waals surface area (Å²) in [5.74, 6) is -1.19. The van der Waals surface area contributed by atoms with Crippen molar-refractivity contribution in [2.24, 2.45) is 5.41 Å². The summed E-state index contributed by atoms with van der Waals surface area (Å²) in [5.41, 5.74) is 4.28. The third-order valence-electron chi connectivity index (χ3n) is 5.95. The van der Waals surface area contributed by atoms with Crippen LogP contribution < -0.4 is 10.6 Å². The number of carbonyl (C=O) groups is 3. The number of alkyl carbamates (subject to hydrolysis) is 1. The second-order valence-corrected chi connectivity index (χ2v) is 9.44. The number of hydrogen-bond acceptors (Lipinski definition) is 4. The van der Waals surface area contributed by atoms with Crippen LogP contribution in [-0.4, -0.2) is 42.3 Å². The molecule has 0 bridgehead atoms. The maximum absolute atomic E-state index is 12.2. The maximum Gasteiger partial charge on any atom is 0.407 e. The van der Waals surface area contributed by atoms with Crippen LogP contribution in [0.4, 0.5) is 4.79 Å². The minimum absolute atomic E-state index is 0.00232. The summed E-state index contributed by atoms with van der Waals surface area (Å²) in [4.78, 5) is 35.5. The van der Waals surface area contributed by atoms with Gasteiger partial charge < -0.3 is 20.5 Å². The molecule has 0 heterocycles. The molecule has 3 N–H and O–H groups in total. The zero-order chi connectivity index (χ0) is 24.0. The summed E-state index contributed by atoms with van der Waals surface area (Å²) in [5, 5.41) is 14.5. The summed E-state index contributed by atoms with van der Waals surface area (Å²) in [6.45, 7) is 6.20. The van der Waals surface area contributed by atoms with Gasteiger partial charge in [-0.1, -0.05) is 69.3 Å². The number of fused-ring (bicyclic) bond motifs is 3. The molecule has 7 nitrogen and oxygen atoms in total. The van der Waals surface area contributed by atoms with Crippen molar-refractivity contribution < 1.29 is 24.2 Å². The fourth-order valence-electron chi connectivity index (χ4n) is 4.10. The van der Waals surface area contributed by atoms with Gasteiger partial charge in [-0.3, -0.25) is 9.59 Å². The van der Waals surface area contributed by atoms with E-state index in [2.05, 4.69) is 34.9 Å². The van der Waals surface area contributed by atoms with Crippen molar-refractivity contribution in [3.05, 3.63) is 59.7 Å². The first kappa shape index (κ1) is 24.3. The van der Waals surface area contributed by atoms with Crippen molar-refractivity contribution >= 4 is 18.0 Å². The zero-order valence-corrected chi connectivity index (χ0v) is 19.4. The van der Waals surface area contributed by atoms with Crippen LogP contribution in [0.2, 0.25) is 0 Å². The predicted octanol–water partition coefficient (Wildman–Crippen LogP) is 4.31. The first-order valence-corrected chi connectivity index (χ1v) is 11.3. The van der Waals surface area contributed by atoms with Crippen LogP contribution in [0.5, 0.6) is 0 Å². The van der Waals surface area contributed by atoms with E-state index in [1.54, 1.807) is 0 Å². The van der Waals surface area contributed by atoms with Gasteiger partial charge in [0.05, 0.1) is 6.42 Å². The number of carboxylic acid groups (broad SMARTS) is 1. The van der Waals surface area contributed by atoms with Gasteiger partial charge in [-0.25, -0.2) is 4.79 Å². The monoisotopic (exact) mass is 452 g/mol. The Bertz CT molecular complexity index is 966. The quantitative estimate of drug-likeness (QED) is 0.492. The van der Waals surface area contributed by atoms with Crippen LogP contribution in [0.1, 0.15) is 57.1 Å². The van der Waals surface area contributed by atoms with Gasteiger partial charge in [0, 0.05) is 24.9 Å². The number of rotatable bonds is 9. The predicted molar refractivity (Wildman–Crippen MR) is 126 cm³/mol. The van der Waals surface area contributed by atoms with Crippen LogP contribution in [0.3, 0.4) is 0 Å². The lowest BCUT2D eigenvalue weighted by Gasteiger charge is -2.30. The molecule has 0 aromatic heterocycles. The third kappa shape index (κ3) is 6.34. The lowest BCUT2D eigenvalue weighted by Crippen LogP contribution is -2.45. The van der Waals surface area contributed by atoms with Crippen LogP contribution in [0.15, 0.2) is 48.5 Å². The number of nitrogens with one attached hydrogen (secondary N) is 2. The van der Waals surface area contributed by atoms with Gasteiger partial charge in [0.15, 0.2) is 0 Å². The lowest BCUT2D eigenvalue weighted by atomic mass is 9.84. The Morgan fingerprint density at radius 2 is 1.58 bits per heavy atom. The van der Waals surface area contributed by atoms with Crippen molar-refractivity contribution in [2.45, 2.75) is 52.0 Å². The minimum atomic E-state index is -0.952. The van der Waals surface area contributed by atoms with Gasteiger partial charge in [-0.05, 0) is 34.1 Å². The molecule has 0 fully saturated rings. The molecule has 1 aliphatic rings. The van der Waals surface area contributed by atoms with Crippen LogP contribution in [0, 0.1) is 5.41 Å². The Labute approximate surface area is 194 Å². The first-order chi connectivity index (χ1) is 15.7. The molecule has 2 aromatic rings. The van der Waals surface area contributed by atoms with E-state index in [9.17, 15) is 14.4 Å². The highest BCUT2D eigenvalue weighted by molar-refractivity contribution is 5.79. The number of benzene rings is 2. The molecular weight excluding hydrogens is 420 g/mol. The highest BCUT2D eigenvalue weighted by Crippen LogP contribution is 2.44. The van der Waals surface area contributed by atoms with Gasteiger partial charge in [0.1, 0.15) is 6.61 Å². The Kier molecular flexibility index (Phi) is 7.74. The summed E-state index contributed by atoms with van der Waals surface area (Å²) < 4.78 is 5.48. The van der Waals surface area contributed by atoms with Gasteiger partial charge in [0.2, 0.25) is 5.91 Å². The number of amides is 2. The average Bonchev–Trinajstić information content (AvgIpc) is 3.08. The fourth-order valence-corrected chi connectivity index (χ4v) is 4.10. The molecule has 2 aromatic carbocycles. The number of ether oxygens (including phenoxy) is 1. The molecule has 7 heteroatoms. The molecule has 0 radical (unpaired) electrons. The van der Waals surface area contributed by atoms with Crippen molar-refractivity contribution in [2.75, 3.05) is 13.2 Å². The molecule has 1 unspecified atom stereocenters. The molecule has 0 aliphatic heterocycles. The first-order valence-electron chi connectivity index (χ1n) is 11.3. The third-order valence-corrected chi connectivity index (χ3v) is 5.95. The Morgan fingerprint density at radius 1 is 1.00 bits per heavy atom. The molecule has 1 aliphatic carbocycles. The Hall–Kier alpha value is -3.35. The van der Waals surface area contributed by atoms with Crippen LogP contribution in [-0.2, 0) is 14.3 Å². The second kappa shape index (κ2) is 10.5. The fraction of sp³-hybridized carbons (Fsp3) is 0.423. The summed E-state index contributed by atoms with van der Waals surface area (Å²) in [6.07, 6.45) is -0.0287. The summed E-state index contributed by atoms with van der Waals surface area (Å²) in [7, 11) is 0. The average molecular weight is 453 g/mol. The number of aliphatic carboxylic acids is 1. The highest BCUT2D eigenvalue weighted by Gasteiger charge is 2.29. The minimum Gasteiger partial charge on any atom is -0.481 e. The van der Waals surface area contributed by atoms with Crippen molar-refractivity contribution in [1.29, 1.82) is 0 Å². The molecule has 0 spiro atoms. The SMILES string of the molecule is CC(C)(C)C(CC(=O)O)NC(=O)CCCNC(=O)OCC1c2ccccc2-c2ccccc21. The topological polar surface area (TPSA) is 105 Å². The van der Waals surface area contributed by atoms with Gasteiger partial charge in [0.25, 0.3) is 0 Å². The normalized spacial score (nSPS) is 13.5. The standard InChI is InChI=1S/C26H32N2O5/c1-26(2,3)22(15-24(30)31)28-23(29)13-8-14-27-25(32)33-16-21-19-11-6-4-9-17(19)18-10-5-7-12-20(18)21/h4-7,9-12,21-22H,8,13-16H2,1-3H3,(H,27,32)(H,28,29)(H,30,31). The summed E-state index contributed by atoms with van der Waals surface area (Å²) in [6, 6.07) is 15.8. The highest BCUT2D eigenvalue weighted by atomic mass is 16.5. The molecular formula is C26H32N2O5.